The van der Waals surface area contributed by atoms with Gasteiger partial charge in [-0.05, 0) is 60.3 Å². The Labute approximate surface area is 348 Å². The summed E-state index contributed by atoms with van der Waals surface area (Å²) in [6, 6.07) is 17.3. The van der Waals surface area contributed by atoms with Gasteiger partial charge in [0.25, 0.3) is 0 Å². The van der Waals surface area contributed by atoms with Gasteiger partial charge in [-0.25, -0.2) is 19.6 Å². The van der Waals surface area contributed by atoms with Crippen LogP contribution in [0.15, 0.2) is 65.6 Å². The molecule has 0 radical (unpaired) electrons. The Morgan fingerprint density at radius 3 is 1.86 bits per heavy atom. The minimum Gasteiger partial charge on any atom is -0.491 e. The van der Waals surface area contributed by atoms with E-state index < -0.39 is 11.9 Å². The van der Waals surface area contributed by atoms with Crippen molar-refractivity contribution < 1.29 is 53.0 Å². The number of aromatic nitrogens is 2. The first-order valence-electron chi connectivity index (χ1n) is 19.1. The molecular weight excluding hydrogens is 791 g/mol. The van der Waals surface area contributed by atoms with Crippen LogP contribution in [0.3, 0.4) is 0 Å². The minimum atomic E-state index is -1.07. The molecule has 0 aliphatic carbocycles. The molecule has 0 saturated carbocycles. The van der Waals surface area contributed by atoms with E-state index >= 15 is 0 Å². The second-order valence-corrected chi connectivity index (χ2v) is 14.8. The maximum Gasteiger partial charge on any atom is 0.354 e. The van der Waals surface area contributed by atoms with E-state index in [1.165, 1.54) is 12.1 Å². The van der Waals surface area contributed by atoms with Gasteiger partial charge in [0.2, 0.25) is 0 Å². The molecular formula is C40H53N5O11S2. The Morgan fingerprint density at radius 1 is 0.724 bits per heavy atom. The molecule has 3 heterocycles. The van der Waals surface area contributed by atoms with Crippen molar-refractivity contribution in [1.29, 1.82) is 5.26 Å². The third kappa shape index (κ3) is 19.7. The van der Waals surface area contributed by atoms with Crippen molar-refractivity contribution in [3.63, 3.8) is 0 Å². The van der Waals surface area contributed by atoms with Crippen LogP contribution in [-0.2, 0) is 41.5 Å². The number of thioether (sulfide) groups is 2. The highest BCUT2D eigenvalue weighted by Gasteiger charge is 2.16. The van der Waals surface area contributed by atoms with E-state index in [-0.39, 0.29) is 17.5 Å². The predicted molar refractivity (Wildman–Crippen MR) is 218 cm³/mol. The summed E-state index contributed by atoms with van der Waals surface area (Å²) >= 11 is 2.82. The molecule has 1 aliphatic heterocycles. The van der Waals surface area contributed by atoms with Gasteiger partial charge in [-0.3, -0.25) is 9.80 Å². The van der Waals surface area contributed by atoms with Gasteiger partial charge in [0.05, 0.1) is 90.2 Å². The van der Waals surface area contributed by atoms with Crippen molar-refractivity contribution in [1.82, 2.24) is 19.8 Å². The van der Waals surface area contributed by atoms with Crippen molar-refractivity contribution in [3.8, 4) is 11.2 Å². The van der Waals surface area contributed by atoms with Crippen LogP contribution < -0.4 is 4.74 Å². The molecule has 3 aromatic rings. The van der Waals surface area contributed by atoms with Gasteiger partial charge in [-0.2, -0.15) is 17.0 Å². The molecule has 1 aromatic carbocycles. The Hall–Kier alpha value is -3.87. The molecule has 1 saturated heterocycles. The van der Waals surface area contributed by atoms with Gasteiger partial charge < -0.3 is 43.4 Å². The van der Waals surface area contributed by atoms with Crippen LogP contribution in [0.4, 0.5) is 0 Å². The van der Waals surface area contributed by atoms with Crippen molar-refractivity contribution in [2.75, 3.05) is 117 Å². The highest BCUT2D eigenvalue weighted by molar-refractivity contribution is 8.03. The monoisotopic (exact) mass is 843 g/mol. The summed E-state index contributed by atoms with van der Waals surface area (Å²) in [7, 11) is 0. The van der Waals surface area contributed by atoms with E-state index in [0.717, 1.165) is 28.2 Å². The first-order chi connectivity index (χ1) is 28.4. The maximum absolute atomic E-state index is 11.5. The Bertz CT molecular complexity index is 1670. The molecule has 0 unspecified atom stereocenters. The number of hydrogen-bond donors (Lipinski definition) is 2. The van der Waals surface area contributed by atoms with Crippen LogP contribution in [0.1, 0.15) is 32.4 Å². The quantitative estimate of drug-likeness (QED) is 0.0996. The summed E-state index contributed by atoms with van der Waals surface area (Å²) in [4.78, 5) is 36.7. The van der Waals surface area contributed by atoms with Crippen molar-refractivity contribution >= 4 is 35.5 Å². The van der Waals surface area contributed by atoms with Gasteiger partial charge in [-0.15, -0.1) is 0 Å². The van der Waals surface area contributed by atoms with Crippen LogP contribution in [0.2, 0.25) is 0 Å². The van der Waals surface area contributed by atoms with Crippen molar-refractivity contribution in [2.24, 2.45) is 0 Å². The standard InChI is InChI=1S/C40H53N5O11S2/c41-31-58-36-9-7-34(8-10-36)56-24-23-52-21-22-53-25-26-57-30-35-29-54-17-13-44(27-32-3-1-5-37(42-32)39(46)47)11-15-50-19-20-51-16-12-45(14-18-55-35)28-33-4-2-6-38(43-33)40(48)49/h1-10,35H,11-30H2,(H,46,47)(H,48,49)/t35-/m0/s1. The average molecular weight is 844 g/mol. The van der Waals surface area contributed by atoms with E-state index in [1.54, 1.807) is 23.9 Å². The molecule has 4 rings (SSSR count). The minimum absolute atomic E-state index is 0.00101. The number of carboxylic acid groups (broad SMARTS) is 2. The number of pyridine rings is 2. The molecule has 2 N–H and O–H groups in total. The molecule has 1 aliphatic rings. The molecule has 2 aromatic heterocycles. The van der Waals surface area contributed by atoms with Crippen LogP contribution in [0.25, 0.3) is 0 Å². The smallest absolute Gasteiger partial charge is 0.354 e. The second kappa shape index (κ2) is 28.5. The van der Waals surface area contributed by atoms with Crippen molar-refractivity contribution in [3.05, 3.63) is 83.4 Å². The highest BCUT2D eigenvalue weighted by atomic mass is 32.2. The molecule has 316 valence electrons. The highest BCUT2D eigenvalue weighted by Crippen LogP contribution is 2.20. The van der Waals surface area contributed by atoms with Gasteiger partial charge >= 0.3 is 11.9 Å². The Kier molecular flexibility index (Phi) is 23.0. The lowest BCUT2D eigenvalue weighted by Crippen LogP contribution is -2.35. The van der Waals surface area contributed by atoms with E-state index in [1.807, 2.05) is 41.8 Å². The van der Waals surface area contributed by atoms with E-state index in [4.69, 9.17) is 38.4 Å². The van der Waals surface area contributed by atoms with E-state index in [2.05, 4.69) is 19.8 Å². The van der Waals surface area contributed by atoms with Gasteiger partial charge in [-0.1, -0.05) is 12.1 Å². The number of nitriles is 1. The van der Waals surface area contributed by atoms with Crippen LogP contribution in [0, 0.1) is 10.7 Å². The maximum atomic E-state index is 11.5. The van der Waals surface area contributed by atoms with Gasteiger partial charge in [0.15, 0.2) is 0 Å². The summed E-state index contributed by atoms with van der Waals surface area (Å²) in [5, 5.41) is 29.6. The number of carbonyl (C=O) groups is 2. The number of benzene rings is 1. The molecule has 58 heavy (non-hydrogen) atoms. The lowest BCUT2D eigenvalue weighted by atomic mass is 10.3. The zero-order chi connectivity index (χ0) is 41.0. The third-order valence-corrected chi connectivity index (χ3v) is 10.1. The Balaban J connectivity index is 1.23. The number of ether oxygens (including phenoxy) is 7. The molecule has 1 atom stereocenters. The topological polar surface area (TPSA) is 195 Å². The number of carboxylic acids is 2. The van der Waals surface area contributed by atoms with Crippen LogP contribution in [0.5, 0.6) is 5.75 Å². The number of aromatic carboxylic acids is 2. The lowest BCUT2D eigenvalue weighted by Gasteiger charge is -2.25. The molecule has 0 bridgehead atoms. The first kappa shape index (κ1) is 46.8. The largest absolute Gasteiger partial charge is 0.491 e. The molecule has 1 fully saturated rings. The normalized spacial score (nSPS) is 17.1. The number of rotatable bonds is 19. The molecule has 16 nitrogen and oxygen atoms in total. The summed E-state index contributed by atoms with van der Waals surface area (Å²) in [5.41, 5.74) is 1.29. The number of nitrogens with zero attached hydrogens (tertiary/aromatic N) is 5. The van der Waals surface area contributed by atoms with Crippen LogP contribution in [-0.4, -0.2) is 165 Å². The molecule has 0 spiro atoms. The van der Waals surface area contributed by atoms with Crippen LogP contribution >= 0.6 is 23.5 Å². The zero-order valence-electron chi connectivity index (χ0n) is 32.6. The average Bonchev–Trinajstić information content (AvgIpc) is 3.22. The first-order valence-corrected chi connectivity index (χ1v) is 21.1. The fourth-order valence-corrected chi connectivity index (χ4v) is 6.75. The van der Waals surface area contributed by atoms with E-state index in [0.29, 0.717) is 136 Å². The third-order valence-electron chi connectivity index (χ3n) is 8.45. The summed E-state index contributed by atoms with van der Waals surface area (Å²) in [6.45, 7) is 8.43. The van der Waals surface area contributed by atoms with E-state index in [9.17, 15) is 19.8 Å². The summed E-state index contributed by atoms with van der Waals surface area (Å²) in [6.07, 6.45) is -0.203. The fourth-order valence-electron chi connectivity index (χ4n) is 5.51. The van der Waals surface area contributed by atoms with Crippen molar-refractivity contribution in [2.45, 2.75) is 24.1 Å². The van der Waals surface area contributed by atoms with Gasteiger partial charge in [0.1, 0.15) is 29.1 Å². The lowest BCUT2D eigenvalue weighted by molar-refractivity contribution is -0.0238. The Morgan fingerprint density at radius 2 is 1.28 bits per heavy atom. The number of hydrogen-bond acceptors (Lipinski definition) is 16. The summed E-state index contributed by atoms with van der Waals surface area (Å²) in [5.74, 6) is 0.0213. The zero-order valence-corrected chi connectivity index (χ0v) is 34.2. The SMILES string of the molecule is N#CSc1ccc(OCCOCCOCCSC[C@@H]2COCCN(Cc3cccc(C(=O)O)n3)CCOCCOCCN(Cc3cccc(C(=O)O)n3)CCO2)cc1. The summed E-state index contributed by atoms with van der Waals surface area (Å²) < 4.78 is 41.3. The van der Waals surface area contributed by atoms with Gasteiger partial charge in [0, 0.05) is 55.7 Å². The molecule has 18 heteroatoms. The number of thiocyanates is 1. The fraction of sp³-hybridized carbons (Fsp3) is 0.525. The predicted octanol–water partition coefficient (Wildman–Crippen LogP) is 4.04. The second-order valence-electron chi connectivity index (χ2n) is 12.8. The molecule has 0 amide bonds.